The Morgan fingerprint density at radius 3 is 2.95 bits per heavy atom. The van der Waals surface area contributed by atoms with E-state index in [9.17, 15) is 4.79 Å². The number of benzene rings is 1. The van der Waals surface area contributed by atoms with Gasteiger partial charge >= 0.3 is 0 Å². The fraction of sp³-hybridized carbons (Fsp3) is 0.333. The molecule has 1 aliphatic heterocycles. The highest BCUT2D eigenvalue weighted by atomic mass is 32.2. The summed E-state index contributed by atoms with van der Waals surface area (Å²) in [6.45, 7) is 4.79. The van der Waals surface area contributed by atoms with E-state index in [1.165, 1.54) is 4.90 Å². The maximum Gasteiger partial charge on any atom is 0.251 e. The van der Waals surface area contributed by atoms with Gasteiger partial charge in [0.2, 0.25) is 0 Å². The average Bonchev–Trinajstić information content (AvgIpc) is 2.99. The maximum absolute atomic E-state index is 12.8. The van der Waals surface area contributed by atoms with E-state index >= 15 is 0 Å². The molecular weight excluding hydrogens is 270 g/mol. The van der Waals surface area contributed by atoms with Crippen molar-refractivity contribution in [1.82, 2.24) is 9.78 Å². The maximum atomic E-state index is 12.8. The monoisotopic (exact) mass is 287 g/mol. The van der Waals surface area contributed by atoms with E-state index < -0.39 is 0 Å². The van der Waals surface area contributed by atoms with Crippen LogP contribution in [0.4, 0.5) is 5.69 Å². The van der Waals surface area contributed by atoms with Crippen molar-refractivity contribution in [1.29, 1.82) is 0 Å². The van der Waals surface area contributed by atoms with Crippen molar-refractivity contribution < 1.29 is 4.79 Å². The normalized spacial score (nSPS) is 19.5. The third-order valence-electron chi connectivity index (χ3n) is 3.47. The summed E-state index contributed by atoms with van der Waals surface area (Å²) in [6, 6.07) is 9.65. The molecule has 1 aliphatic rings. The molecule has 5 heteroatoms. The van der Waals surface area contributed by atoms with Crippen LogP contribution < -0.4 is 4.90 Å². The summed E-state index contributed by atoms with van der Waals surface area (Å²) in [4.78, 5) is 15.8. The van der Waals surface area contributed by atoms with Gasteiger partial charge < -0.3 is 4.90 Å². The van der Waals surface area contributed by atoms with Gasteiger partial charge in [0.25, 0.3) is 5.91 Å². The molecule has 4 nitrogen and oxygen atoms in total. The molecule has 0 spiro atoms. The second-order valence-electron chi connectivity index (χ2n) is 5.01. The molecule has 0 radical (unpaired) electrons. The third kappa shape index (κ3) is 2.33. The quantitative estimate of drug-likeness (QED) is 0.852. The number of hydrogen-bond acceptors (Lipinski definition) is 3. The first-order valence-corrected chi connectivity index (χ1v) is 7.61. The first-order valence-electron chi connectivity index (χ1n) is 6.73. The Labute approximate surface area is 122 Å². The van der Waals surface area contributed by atoms with Crippen molar-refractivity contribution in [2.45, 2.75) is 30.0 Å². The molecule has 0 aliphatic carbocycles. The van der Waals surface area contributed by atoms with E-state index in [0.717, 1.165) is 12.2 Å². The molecule has 1 amide bonds. The van der Waals surface area contributed by atoms with Gasteiger partial charge in [0.15, 0.2) is 0 Å². The predicted octanol–water partition coefficient (Wildman–Crippen LogP) is 2.97. The average molecular weight is 287 g/mol. The Kier molecular flexibility index (Phi) is 3.53. The second kappa shape index (κ2) is 5.32. The van der Waals surface area contributed by atoms with Crippen LogP contribution in [0.2, 0.25) is 0 Å². The van der Waals surface area contributed by atoms with Crippen molar-refractivity contribution in [2.24, 2.45) is 0 Å². The Balaban J connectivity index is 1.92. The largest absolute Gasteiger partial charge is 0.308 e. The van der Waals surface area contributed by atoms with Gasteiger partial charge in [-0.15, -0.1) is 11.8 Å². The van der Waals surface area contributed by atoms with Gasteiger partial charge in [0.05, 0.1) is 5.69 Å². The van der Waals surface area contributed by atoms with Gasteiger partial charge in [-0.05, 0) is 25.1 Å². The standard InChI is InChI=1S/C15H17N3OS/c1-11-10-17(13-6-3-4-7-14(13)20-11)15(19)12(2)18-9-5-8-16-18/h3-9,11-12H,10H2,1-2H3. The molecule has 20 heavy (non-hydrogen) atoms. The lowest BCUT2D eigenvalue weighted by Gasteiger charge is -2.34. The van der Waals surface area contributed by atoms with Crippen LogP contribution in [0, 0.1) is 0 Å². The van der Waals surface area contributed by atoms with E-state index in [-0.39, 0.29) is 11.9 Å². The van der Waals surface area contributed by atoms with Crippen molar-refractivity contribution in [3.8, 4) is 0 Å². The lowest BCUT2D eigenvalue weighted by Crippen LogP contribution is -2.42. The molecule has 0 N–H and O–H groups in total. The Bertz CT molecular complexity index is 611. The van der Waals surface area contributed by atoms with Crippen molar-refractivity contribution in [3.63, 3.8) is 0 Å². The Hall–Kier alpha value is -1.75. The zero-order chi connectivity index (χ0) is 14.1. The summed E-state index contributed by atoms with van der Waals surface area (Å²) in [5.41, 5.74) is 1.01. The molecule has 104 valence electrons. The lowest BCUT2D eigenvalue weighted by atomic mass is 10.2. The van der Waals surface area contributed by atoms with E-state index in [4.69, 9.17) is 0 Å². The first-order chi connectivity index (χ1) is 9.66. The predicted molar refractivity (Wildman–Crippen MR) is 81.1 cm³/mol. The number of hydrogen-bond donors (Lipinski definition) is 0. The van der Waals surface area contributed by atoms with Gasteiger partial charge in [0.1, 0.15) is 6.04 Å². The van der Waals surface area contributed by atoms with E-state index in [1.54, 1.807) is 10.9 Å². The summed E-state index contributed by atoms with van der Waals surface area (Å²) in [5, 5.41) is 4.57. The highest BCUT2D eigenvalue weighted by Gasteiger charge is 2.30. The number of aromatic nitrogens is 2. The molecule has 2 aromatic rings. The summed E-state index contributed by atoms with van der Waals surface area (Å²) in [6.07, 6.45) is 3.53. The van der Waals surface area contributed by atoms with Crippen molar-refractivity contribution in [2.75, 3.05) is 11.4 Å². The molecule has 0 saturated heterocycles. The van der Waals surface area contributed by atoms with E-state index in [0.29, 0.717) is 5.25 Å². The second-order valence-corrected chi connectivity index (χ2v) is 6.49. The molecular formula is C15H17N3OS. The van der Waals surface area contributed by atoms with Crippen LogP contribution in [-0.2, 0) is 4.79 Å². The summed E-state index contributed by atoms with van der Waals surface area (Å²) in [5.74, 6) is 0.0910. The fourth-order valence-electron chi connectivity index (χ4n) is 2.45. The highest BCUT2D eigenvalue weighted by molar-refractivity contribution is 8.00. The molecule has 1 aromatic carbocycles. The SMILES string of the molecule is CC1CN(C(=O)C(C)n2cccn2)c2ccccc2S1. The summed E-state index contributed by atoms with van der Waals surface area (Å²) >= 11 is 1.83. The van der Waals surface area contributed by atoms with Gasteiger partial charge in [-0.3, -0.25) is 9.48 Å². The van der Waals surface area contributed by atoms with Crippen LogP contribution in [0.25, 0.3) is 0 Å². The number of anilines is 1. The van der Waals surface area contributed by atoms with Crippen LogP contribution in [-0.4, -0.2) is 27.5 Å². The fourth-order valence-corrected chi connectivity index (χ4v) is 3.56. The molecule has 0 bridgehead atoms. The smallest absolute Gasteiger partial charge is 0.251 e. The van der Waals surface area contributed by atoms with Crippen molar-refractivity contribution in [3.05, 3.63) is 42.7 Å². The van der Waals surface area contributed by atoms with Crippen LogP contribution >= 0.6 is 11.8 Å². The number of thioether (sulfide) groups is 1. The number of rotatable bonds is 2. The molecule has 2 atom stereocenters. The number of fused-ring (bicyclic) bond motifs is 1. The lowest BCUT2D eigenvalue weighted by molar-refractivity contribution is -0.121. The number of carbonyl (C=O) groups is 1. The zero-order valence-electron chi connectivity index (χ0n) is 11.6. The van der Waals surface area contributed by atoms with Crippen LogP contribution in [0.5, 0.6) is 0 Å². The number of carbonyl (C=O) groups excluding carboxylic acids is 1. The minimum absolute atomic E-state index is 0.0910. The van der Waals surface area contributed by atoms with Crippen molar-refractivity contribution >= 4 is 23.4 Å². The number of nitrogens with zero attached hydrogens (tertiary/aromatic N) is 3. The summed E-state index contributed by atoms with van der Waals surface area (Å²) in [7, 11) is 0. The molecule has 3 rings (SSSR count). The first kappa shape index (κ1) is 13.2. The minimum Gasteiger partial charge on any atom is -0.308 e. The van der Waals surface area contributed by atoms with Crippen LogP contribution in [0.15, 0.2) is 47.6 Å². The zero-order valence-corrected chi connectivity index (χ0v) is 12.4. The van der Waals surface area contributed by atoms with E-state index in [1.807, 2.05) is 54.0 Å². The third-order valence-corrected chi connectivity index (χ3v) is 4.62. The molecule has 2 heterocycles. The van der Waals surface area contributed by atoms with Crippen LogP contribution in [0.1, 0.15) is 19.9 Å². The Morgan fingerprint density at radius 2 is 2.20 bits per heavy atom. The molecule has 0 fully saturated rings. The van der Waals surface area contributed by atoms with Gasteiger partial charge in [0, 0.05) is 29.1 Å². The highest BCUT2D eigenvalue weighted by Crippen LogP contribution is 2.38. The Morgan fingerprint density at radius 1 is 1.40 bits per heavy atom. The van der Waals surface area contributed by atoms with E-state index in [2.05, 4.69) is 18.1 Å². The number of amides is 1. The number of para-hydroxylation sites is 1. The van der Waals surface area contributed by atoms with Gasteiger partial charge in [-0.1, -0.05) is 19.1 Å². The molecule has 0 saturated carbocycles. The molecule has 1 aromatic heterocycles. The van der Waals surface area contributed by atoms with Crippen LogP contribution in [0.3, 0.4) is 0 Å². The summed E-state index contributed by atoms with van der Waals surface area (Å²) < 4.78 is 1.71. The van der Waals surface area contributed by atoms with Gasteiger partial charge in [-0.2, -0.15) is 5.10 Å². The molecule has 2 unspecified atom stereocenters. The van der Waals surface area contributed by atoms with Gasteiger partial charge in [-0.25, -0.2) is 0 Å². The topological polar surface area (TPSA) is 38.1 Å². The minimum atomic E-state index is -0.284.